The minimum atomic E-state index is -2.38. The molecular formula is C26H26O8. The third-order valence-electron chi connectivity index (χ3n) is 6.10. The molecule has 0 spiro atoms. The van der Waals surface area contributed by atoms with E-state index in [0.717, 1.165) is 0 Å². The molecule has 2 aliphatic heterocycles. The van der Waals surface area contributed by atoms with Crippen LogP contribution in [0.3, 0.4) is 0 Å². The normalized spacial score (nSPS) is 22.1. The quantitative estimate of drug-likeness (QED) is 0.489. The van der Waals surface area contributed by atoms with Crippen molar-refractivity contribution in [1.29, 1.82) is 0 Å². The van der Waals surface area contributed by atoms with Gasteiger partial charge in [-0.15, -0.1) is 0 Å². The molecule has 34 heavy (non-hydrogen) atoms. The second-order valence-corrected chi connectivity index (χ2v) is 9.49. The third-order valence-corrected chi connectivity index (χ3v) is 6.10. The number of esters is 4. The van der Waals surface area contributed by atoms with Crippen LogP contribution in [0, 0.1) is 10.8 Å². The minimum Gasteiger partial charge on any atom is -0.422 e. The van der Waals surface area contributed by atoms with Crippen LogP contribution >= 0.6 is 0 Å². The van der Waals surface area contributed by atoms with Crippen LogP contribution in [0.1, 0.15) is 38.8 Å². The lowest BCUT2D eigenvalue weighted by atomic mass is 9.57. The lowest BCUT2D eigenvalue weighted by molar-refractivity contribution is -0.283. The number of hydrogen-bond donors (Lipinski definition) is 0. The summed E-state index contributed by atoms with van der Waals surface area (Å²) in [6, 6.07) is 17.1. The Bertz CT molecular complexity index is 1000. The van der Waals surface area contributed by atoms with Crippen LogP contribution in [0.4, 0.5) is 0 Å². The third kappa shape index (κ3) is 3.73. The number of carbonyl (C=O) groups excluding carboxylic acids is 4. The van der Waals surface area contributed by atoms with Crippen molar-refractivity contribution in [3.05, 3.63) is 71.8 Å². The summed E-state index contributed by atoms with van der Waals surface area (Å²) >= 11 is 0. The van der Waals surface area contributed by atoms with Crippen LogP contribution in [0.25, 0.3) is 0 Å². The molecule has 0 unspecified atom stereocenters. The van der Waals surface area contributed by atoms with Crippen LogP contribution in [0.5, 0.6) is 0 Å². The molecule has 0 aromatic heterocycles. The van der Waals surface area contributed by atoms with Crippen molar-refractivity contribution in [2.24, 2.45) is 10.8 Å². The van der Waals surface area contributed by atoms with E-state index < -0.39 is 46.3 Å². The van der Waals surface area contributed by atoms with E-state index in [-0.39, 0.29) is 12.8 Å². The Morgan fingerprint density at radius 3 is 1.03 bits per heavy atom. The maximum Gasteiger partial charge on any atom is 0.328 e. The molecular weight excluding hydrogens is 440 g/mol. The predicted molar refractivity (Wildman–Crippen MR) is 118 cm³/mol. The Balaban J connectivity index is 1.99. The number of rotatable bonds is 5. The van der Waals surface area contributed by atoms with Gasteiger partial charge in [0.15, 0.2) is 10.8 Å². The number of carbonyl (C=O) groups is 4. The first-order valence-electron chi connectivity index (χ1n) is 10.9. The Labute approximate surface area is 197 Å². The zero-order valence-corrected chi connectivity index (χ0v) is 19.5. The van der Waals surface area contributed by atoms with Gasteiger partial charge in [-0.3, -0.25) is 19.2 Å². The topological polar surface area (TPSA) is 105 Å². The molecule has 0 amide bonds. The number of ether oxygens (including phenoxy) is 4. The van der Waals surface area contributed by atoms with Gasteiger partial charge < -0.3 is 18.9 Å². The smallest absolute Gasteiger partial charge is 0.328 e. The maximum atomic E-state index is 13.8. The first kappa shape index (κ1) is 23.5. The van der Waals surface area contributed by atoms with Crippen molar-refractivity contribution in [3.8, 4) is 0 Å². The summed E-state index contributed by atoms with van der Waals surface area (Å²) in [5, 5.41) is 0. The van der Waals surface area contributed by atoms with Gasteiger partial charge in [0.25, 0.3) is 11.6 Å². The first-order chi connectivity index (χ1) is 15.9. The van der Waals surface area contributed by atoms with Crippen molar-refractivity contribution in [3.63, 3.8) is 0 Å². The summed E-state index contributed by atoms with van der Waals surface area (Å²) in [5.74, 6) is -7.37. The highest BCUT2D eigenvalue weighted by Gasteiger charge is 2.77. The summed E-state index contributed by atoms with van der Waals surface area (Å²) in [6.45, 7) is 5.61. The maximum absolute atomic E-state index is 13.8. The van der Waals surface area contributed by atoms with Crippen molar-refractivity contribution in [2.45, 2.75) is 52.1 Å². The van der Waals surface area contributed by atoms with Crippen molar-refractivity contribution in [1.82, 2.24) is 0 Å². The molecule has 2 fully saturated rings. The fraction of sp³-hybridized carbons (Fsp3) is 0.385. The minimum absolute atomic E-state index is 0.334. The van der Waals surface area contributed by atoms with Crippen LogP contribution < -0.4 is 0 Å². The van der Waals surface area contributed by atoms with Gasteiger partial charge >= 0.3 is 23.9 Å². The van der Waals surface area contributed by atoms with Crippen LogP contribution in [0.15, 0.2) is 60.7 Å². The largest absolute Gasteiger partial charge is 0.422 e. The van der Waals surface area contributed by atoms with Gasteiger partial charge in [0, 0.05) is 40.5 Å². The monoisotopic (exact) mass is 466 g/mol. The first-order valence-corrected chi connectivity index (χ1v) is 10.9. The highest BCUT2D eigenvalue weighted by atomic mass is 16.8. The van der Waals surface area contributed by atoms with E-state index >= 15 is 0 Å². The van der Waals surface area contributed by atoms with Crippen molar-refractivity contribution in [2.75, 3.05) is 0 Å². The molecule has 8 heteroatoms. The van der Waals surface area contributed by atoms with E-state index in [1.807, 2.05) is 0 Å². The van der Waals surface area contributed by atoms with Crippen LogP contribution in [-0.4, -0.2) is 35.5 Å². The molecule has 8 nitrogen and oxygen atoms in total. The summed E-state index contributed by atoms with van der Waals surface area (Å²) in [6.07, 6.45) is -0.669. The molecule has 0 aliphatic carbocycles. The molecule has 2 aromatic rings. The standard InChI is InChI=1S/C26H26O8/c1-23(2)31-19(27)25(20(28)32-23,15-17-11-7-5-8-12-17)26(16-18-13-9-6-10-14-18)21(29)33-24(3,4)34-22(26)30/h5-14H,15-16H2,1-4H3. The molecule has 2 saturated heterocycles. The molecule has 0 atom stereocenters. The van der Waals surface area contributed by atoms with E-state index in [1.54, 1.807) is 60.7 Å². The van der Waals surface area contributed by atoms with E-state index in [4.69, 9.17) is 18.9 Å². The number of cyclic esters (lactones) is 4. The zero-order valence-electron chi connectivity index (χ0n) is 19.5. The zero-order chi connectivity index (χ0) is 24.8. The van der Waals surface area contributed by atoms with Crippen molar-refractivity contribution < 1.29 is 38.1 Å². The van der Waals surface area contributed by atoms with E-state index in [2.05, 4.69) is 0 Å². The van der Waals surface area contributed by atoms with Gasteiger partial charge in [-0.25, -0.2) is 0 Å². The molecule has 2 heterocycles. The average Bonchev–Trinajstić information content (AvgIpc) is 2.74. The second-order valence-electron chi connectivity index (χ2n) is 9.49. The van der Waals surface area contributed by atoms with Gasteiger partial charge in [0.05, 0.1) is 0 Å². The Kier molecular flexibility index (Phi) is 5.50. The molecule has 2 aromatic carbocycles. The molecule has 2 aliphatic rings. The fourth-order valence-corrected chi connectivity index (χ4v) is 4.54. The van der Waals surface area contributed by atoms with Gasteiger partial charge in [0.2, 0.25) is 0 Å². The van der Waals surface area contributed by atoms with E-state index in [0.29, 0.717) is 11.1 Å². The SMILES string of the molecule is CC1(C)OC(=O)C(Cc2ccccc2)(C2(Cc3ccccc3)C(=O)OC(C)(C)OC2=O)C(=O)O1. The van der Waals surface area contributed by atoms with Gasteiger partial charge in [-0.1, -0.05) is 60.7 Å². The van der Waals surface area contributed by atoms with Crippen molar-refractivity contribution >= 4 is 23.9 Å². The summed E-state index contributed by atoms with van der Waals surface area (Å²) in [7, 11) is 0. The Morgan fingerprint density at radius 2 is 0.765 bits per heavy atom. The molecule has 0 radical (unpaired) electrons. The Morgan fingerprint density at radius 1 is 0.500 bits per heavy atom. The van der Waals surface area contributed by atoms with E-state index in [1.165, 1.54) is 27.7 Å². The second kappa shape index (κ2) is 7.97. The Hall–Kier alpha value is -3.68. The van der Waals surface area contributed by atoms with Gasteiger partial charge in [0.1, 0.15) is 0 Å². The van der Waals surface area contributed by atoms with Crippen LogP contribution in [0.2, 0.25) is 0 Å². The lowest BCUT2D eigenvalue weighted by Crippen LogP contribution is -2.71. The lowest BCUT2D eigenvalue weighted by Gasteiger charge is -2.51. The summed E-state index contributed by atoms with van der Waals surface area (Å²) in [4.78, 5) is 55.0. The molecule has 178 valence electrons. The summed E-state index contributed by atoms with van der Waals surface area (Å²) in [5.41, 5.74) is -3.72. The van der Waals surface area contributed by atoms with Gasteiger partial charge in [-0.05, 0) is 11.1 Å². The summed E-state index contributed by atoms with van der Waals surface area (Å²) < 4.78 is 22.0. The number of hydrogen-bond acceptors (Lipinski definition) is 8. The predicted octanol–water partition coefficient (Wildman–Crippen LogP) is 3.12. The van der Waals surface area contributed by atoms with Gasteiger partial charge in [-0.2, -0.15) is 0 Å². The average molecular weight is 466 g/mol. The highest BCUT2D eigenvalue weighted by Crippen LogP contribution is 2.54. The number of benzene rings is 2. The molecule has 4 rings (SSSR count). The molecule has 0 N–H and O–H groups in total. The molecule has 0 bridgehead atoms. The fourth-order valence-electron chi connectivity index (χ4n) is 4.54. The van der Waals surface area contributed by atoms with Crippen LogP contribution in [-0.2, 0) is 51.0 Å². The molecule has 0 saturated carbocycles. The van der Waals surface area contributed by atoms with E-state index in [9.17, 15) is 19.2 Å². The highest BCUT2D eigenvalue weighted by molar-refractivity contribution is 6.16.